The van der Waals surface area contributed by atoms with E-state index in [1.54, 1.807) is 6.20 Å². The van der Waals surface area contributed by atoms with Gasteiger partial charge in [-0.2, -0.15) is 0 Å². The maximum Gasteiger partial charge on any atom is 0.208 e. The molecular formula is C26H30ClN5O3S2. The number of nitrogens with zero attached hydrogens (tertiary/aromatic N) is 3. The number of aryl methyl sites for hydroxylation is 1. The number of aromatic nitrogens is 2. The van der Waals surface area contributed by atoms with Gasteiger partial charge in [0.25, 0.3) is 0 Å². The van der Waals surface area contributed by atoms with E-state index in [-0.39, 0.29) is 17.7 Å². The Balaban J connectivity index is 1.51. The molecule has 8 nitrogen and oxygen atoms in total. The van der Waals surface area contributed by atoms with Crippen LogP contribution in [0.15, 0.2) is 41.8 Å². The fourth-order valence-electron chi connectivity index (χ4n) is 4.68. The molecule has 11 heteroatoms. The van der Waals surface area contributed by atoms with Crippen LogP contribution >= 0.6 is 35.2 Å². The number of aliphatic hydroxyl groups is 1. The number of anilines is 1. The number of ketones is 1. The van der Waals surface area contributed by atoms with Gasteiger partial charge in [-0.15, -0.1) is 11.3 Å². The molecule has 0 radical (unpaired) electrons. The first kappa shape index (κ1) is 27.7. The fourth-order valence-corrected chi connectivity index (χ4v) is 6.12. The quantitative estimate of drug-likeness (QED) is 0.127. The Morgan fingerprint density at radius 1 is 1.35 bits per heavy atom. The van der Waals surface area contributed by atoms with E-state index in [9.17, 15) is 9.90 Å². The second-order valence-electron chi connectivity index (χ2n) is 9.11. The van der Waals surface area contributed by atoms with Gasteiger partial charge in [-0.05, 0) is 74.2 Å². The molecule has 1 aliphatic carbocycles. The number of rotatable bonds is 12. The van der Waals surface area contributed by atoms with E-state index in [1.165, 1.54) is 23.2 Å². The SMILES string of the molecule is C=NCCc1ccc(Cl)cc1Cc1cc(C(=O)c2cncnc2NC2CC(COSN)[C@@H](O)C2)sc1C. The first-order valence-corrected chi connectivity index (χ1v) is 14.0. The summed E-state index contributed by atoms with van der Waals surface area (Å²) in [7, 11) is 0. The lowest BCUT2D eigenvalue weighted by atomic mass is 9.97. The van der Waals surface area contributed by atoms with Crippen LogP contribution < -0.4 is 10.5 Å². The average Bonchev–Trinajstić information content (AvgIpc) is 3.43. The maximum atomic E-state index is 13.6. The number of nitrogens with one attached hydrogen (secondary N) is 1. The Bertz CT molecular complexity index is 1250. The van der Waals surface area contributed by atoms with Crippen molar-refractivity contribution < 1.29 is 14.1 Å². The summed E-state index contributed by atoms with van der Waals surface area (Å²) in [5, 5.41) is 19.7. The first-order valence-electron chi connectivity index (χ1n) is 12.0. The minimum atomic E-state index is -0.508. The highest BCUT2D eigenvalue weighted by Crippen LogP contribution is 2.32. The molecule has 0 saturated heterocycles. The van der Waals surface area contributed by atoms with E-state index in [4.69, 9.17) is 20.9 Å². The summed E-state index contributed by atoms with van der Waals surface area (Å²) in [6.07, 6.45) is 5.13. The van der Waals surface area contributed by atoms with Crippen LogP contribution in [0, 0.1) is 12.8 Å². The van der Waals surface area contributed by atoms with Gasteiger partial charge < -0.3 is 19.6 Å². The van der Waals surface area contributed by atoms with Crippen molar-refractivity contribution in [3.63, 3.8) is 0 Å². The molecule has 1 aromatic carbocycles. The third-order valence-corrected chi connectivity index (χ3v) is 8.24. The van der Waals surface area contributed by atoms with E-state index in [0.29, 0.717) is 53.7 Å². The summed E-state index contributed by atoms with van der Waals surface area (Å²) >= 11 is 8.55. The Morgan fingerprint density at radius 3 is 2.97 bits per heavy atom. The number of thiophene rings is 1. The van der Waals surface area contributed by atoms with Crippen LogP contribution in [0.1, 0.15) is 49.6 Å². The van der Waals surface area contributed by atoms with Crippen LogP contribution in [-0.2, 0) is 17.0 Å². The van der Waals surface area contributed by atoms with E-state index in [1.807, 2.05) is 31.2 Å². The molecule has 1 aliphatic rings. The number of carbonyl (C=O) groups excluding carboxylic acids is 1. The predicted molar refractivity (Wildman–Crippen MR) is 151 cm³/mol. The number of hydrogen-bond donors (Lipinski definition) is 3. The lowest BCUT2D eigenvalue weighted by Gasteiger charge is -2.15. The molecule has 0 bridgehead atoms. The van der Waals surface area contributed by atoms with Gasteiger partial charge in [0.15, 0.2) is 0 Å². The molecule has 1 fully saturated rings. The topological polar surface area (TPSA) is 123 Å². The lowest BCUT2D eigenvalue weighted by Crippen LogP contribution is -2.20. The van der Waals surface area contributed by atoms with E-state index >= 15 is 0 Å². The summed E-state index contributed by atoms with van der Waals surface area (Å²) in [6, 6.07) is 7.80. The normalized spacial score (nSPS) is 19.2. The molecule has 4 rings (SSSR count). The van der Waals surface area contributed by atoms with Crippen LogP contribution in [0.2, 0.25) is 5.02 Å². The molecule has 0 spiro atoms. The number of nitrogens with two attached hydrogens (primary N) is 1. The van der Waals surface area contributed by atoms with E-state index < -0.39 is 6.10 Å². The second-order valence-corrected chi connectivity index (χ2v) is 11.2. The highest BCUT2D eigenvalue weighted by atomic mass is 35.5. The molecule has 3 aromatic rings. The van der Waals surface area contributed by atoms with Gasteiger partial charge in [-0.3, -0.25) is 9.93 Å². The van der Waals surface area contributed by atoms with Gasteiger partial charge >= 0.3 is 0 Å². The number of benzene rings is 1. The van der Waals surface area contributed by atoms with Gasteiger partial charge in [-0.1, -0.05) is 17.7 Å². The average molecular weight is 560 g/mol. The zero-order valence-electron chi connectivity index (χ0n) is 20.5. The summed E-state index contributed by atoms with van der Waals surface area (Å²) < 4.78 is 5.21. The molecule has 196 valence electrons. The van der Waals surface area contributed by atoms with E-state index in [0.717, 1.165) is 34.7 Å². The molecule has 2 aromatic heterocycles. The van der Waals surface area contributed by atoms with Gasteiger partial charge in [0, 0.05) is 34.6 Å². The third kappa shape index (κ3) is 6.95. The molecule has 3 atom stereocenters. The maximum absolute atomic E-state index is 13.6. The summed E-state index contributed by atoms with van der Waals surface area (Å²) in [4.78, 5) is 27.7. The zero-order chi connectivity index (χ0) is 26.4. The van der Waals surface area contributed by atoms with Crippen molar-refractivity contribution in [1.82, 2.24) is 9.97 Å². The highest BCUT2D eigenvalue weighted by Gasteiger charge is 2.34. The van der Waals surface area contributed by atoms with Gasteiger partial charge in [-0.25, -0.2) is 9.97 Å². The number of aliphatic imine (C=N–C) groups is 1. The number of carbonyl (C=O) groups is 1. The number of aliphatic hydroxyl groups excluding tert-OH is 1. The van der Waals surface area contributed by atoms with Crippen LogP contribution in [0.4, 0.5) is 5.82 Å². The standard InChI is InChI=1S/C26H30ClN5O3S2/c1-15-17(7-18-8-20(27)4-3-16(18)5-6-29-2)10-24(36-15)25(34)22-12-30-14-31-26(22)32-21-9-19(13-35-37-28)23(33)11-21/h3-4,8,10,12,14,19,21,23,33H,2,5-7,9,11,13,28H2,1H3,(H,30,31,32)/t19?,21?,23-/m0/s1. The van der Waals surface area contributed by atoms with Crippen LogP contribution in [0.5, 0.6) is 0 Å². The molecule has 37 heavy (non-hydrogen) atoms. The Labute approximate surface area is 230 Å². The van der Waals surface area contributed by atoms with Crippen LogP contribution in [0.3, 0.4) is 0 Å². The first-order chi connectivity index (χ1) is 17.9. The second kappa shape index (κ2) is 12.9. The lowest BCUT2D eigenvalue weighted by molar-refractivity contribution is 0.104. The summed E-state index contributed by atoms with van der Waals surface area (Å²) in [5.74, 6) is 0.298. The van der Waals surface area contributed by atoms with Crippen molar-refractivity contribution >= 4 is 53.5 Å². The van der Waals surface area contributed by atoms with Gasteiger partial charge in [0.05, 0.1) is 35.4 Å². The smallest absolute Gasteiger partial charge is 0.208 e. The van der Waals surface area contributed by atoms with Crippen molar-refractivity contribution in [3.8, 4) is 0 Å². The monoisotopic (exact) mass is 559 g/mol. The largest absolute Gasteiger partial charge is 0.393 e. The van der Waals surface area contributed by atoms with Crippen molar-refractivity contribution in [3.05, 3.63) is 73.8 Å². The molecule has 2 unspecified atom stereocenters. The van der Waals surface area contributed by atoms with Crippen molar-refractivity contribution in [2.75, 3.05) is 18.5 Å². The fraction of sp³-hybridized carbons (Fsp3) is 0.385. The zero-order valence-corrected chi connectivity index (χ0v) is 22.9. The molecule has 0 amide bonds. The van der Waals surface area contributed by atoms with Crippen molar-refractivity contribution in [1.29, 1.82) is 0 Å². The highest BCUT2D eigenvalue weighted by molar-refractivity contribution is 7.92. The van der Waals surface area contributed by atoms with Gasteiger partial charge in [0.1, 0.15) is 12.1 Å². The molecular weight excluding hydrogens is 530 g/mol. The Kier molecular flexibility index (Phi) is 9.69. The summed E-state index contributed by atoms with van der Waals surface area (Å²) in [6.45, 7) is 6.61. The minimum absolute atomic E-state index is 0.0318. The summed E-state index contributed by atoms with van der Waals surface area (Å²) in [5.41, 5.74) is 3.77. The van der Waals surface area contributed by atoms with Gasteiger partial charge in [0.2, 0.25) is 5.78 Å². The third-order valence-electron chi connectivity index (χ3n) is 6.64. The van der Waals surface area contributed by atoms with Crippen molar-refractivity contribution in [2.45, 2.75) is 44.8 Å². The number of hydrogen-bond acceptors (Lipinski definition) is 10. The van der Waals surface area contributed by atoms with Crippen LogP contribution in [0.25, 0.3) is 0 Å². The molecule has 2 heterocycles. The molecule has 0 aliphatic heterocycles. The molecule has 1 saturated carbocycles. The van der Waals surface area contributed by atoms with Crippen LogP contribution in [-0.4, -0.2) is 52.9 Å². The van der Waals surface area contributed by atoms with Crippen molar-refractivity contribution in [2.24, 2.45) is 16.0 Å². The Morgan fingerprint density at radius 2 is 2.19 bits per heavy atom. The Hall–Kier alpha value is -2.34. The molecule has 4 N–H and O–H groups in total. The number of halogens is 1. The van der Waals surface area contributed by atoms with E-state index in [2.05, 4.69) is 27.0 Å². The predicted octanol–water partition coefficient (Wildman–Crippen LogP) is 4.65. The minimum Gasteiger partial charge on any atom is -0.393 e.